The average Bonchev–Trinajstić information content (AvgIpc) is 2.38. The minimum atomic E-state index is 0.250. The molecule has 0 radical (unpaired) electrons. The standard InChI is InChI=1S/C20H35N/c1-7-8-18(15-21-14-16(2)3)13-17-9-11-19(12-10-17)20(4,5)6/h9-12,16,18,21H,7-8,13-15H2,1-6H3. The molecule has 21 heavy (non-hydrogen) atoms. The van der Waals surface area contributed by atoms with Crippen molar-refractivity contribution in [2.45, 2.75) is 66.2 Å². The van der Waals surface area contributed by atoms with Gasteiger partial charge in [-0.1, -0.05) is 72.2 Å². The van der Waals surface area contributed by atoms with Gasteiger partial charge in [0.2, 0.25) is 0 Å². The number of hydrogen-bond donors (Lipinski definition) is 1. The number of rotatable bonds is 8. The zero-order valence-corrected chi connectivity index (χ0v) is 15.0. The average molecular weight is 290 g/mol. The van der Waals surface area contributed by atoms with Gasteiger partial charge in [-0.25, -0.2) is 0 Å². The Labute approximate surface area is 132 Å². The molecule has 0 aliphatic heterocycles. The van der Waals surface area contributed by atoms with Gasteiger partial charge in [0.1, 0.15) is 0 Å². The van der Waals surface area contributed by atoms with E-state index in [-0.39, 0.29) is 5.41 Å². The van der Waals surface area contributed by atoms with Gasteiger partial charge in [-0.3, -0.25) is 0 Å². The Morgan fingerprint density at radius 3 is 2.10 bits per heavy atom. The smallest absolute Gasteiger partial charge is 0.00172 e. The van der Waals surface area contributed by atoms with Crippen LogP contribution in [0.1, 0.15) is 65.5 Å². The van der Waals surface area contributed by atoms with Crippen LogP contribution in [-0.2, 0) is 11.8 Å². The summed E-state index contributed by atoms with van der Waals surface area (Å²) in [6.07, 6.45) is 3.78. The van der Waals surface area contributed by atoms with Crippen LogP contribution in [0.15, 0.2) is 24.3 Å². The van der Waals surface area contributed by atoms with Gasteiger partial charge in [0.25, 0.3) is 0 Å². The highest BCUT2D eigenvalue weighted by molar-refractivity contribution is 5.27. The number of nitrogens with one attached hydrogen (secondary N) is 1. The van der Waals surface area contributed by atoms with Crippen LogP contribution in [0.25, 0.3) is 0 Å². The van der Waals surface area contributed by atoms with Gasteiger partial charge in [-0.2, -0.15) is 0 Å². The molecule has 1 nitrogen and oxygen atoms in total. The first-order valence-electron chi connectivity index (χ1n) is 8.63. The highest BCUT2D eigenvalue weighted by Gasteiger charge is 2.14. The lowest BCUT2D eigenvalue weighted by atomic mass is 9.85. The zero-order chi connectivity index (χ0) is 15.9. The molecule has 0 heterocycles. The molecule has 1 unspecified atom stereocenters. The van der Waals surface area contributed by atoms with Crippen molar-refractivity contribution in [3.63, 3.8) is 0 Å². The summed E-state index contributed by atoms with van der Waals surface area (Å²) in [6, 6.07) is 9.26. The Morgan fingerprint density at radius 1 is 1.00 bits per heavy atom. The molecular weight excluding hydrogens is 254 g/mol. The maximum Gasteiger partial charge on any atom is -0.00172 e. The summed E-state index contributed by atoms with van der Waals surface area (Å²) in [5.41, 5.74) is 3.16. The van der Waals surface area contributed by atoms with Crippen LogP contribution < -0.4 is 5.32 Å². The van der Waals surface area contributed by atoms with Crippen LogP contribution >= 0.6 is 0 Å². The van der Waals surface area contributed by atoms with E-state index in [1.165, 1.54) is 30.4 Å². The van der Waals surface area contributed by atoms with Gasteiger partial charge in [0, 0.05) is 0 Å². The summed E-state index contributed by atoms with van der Waals surface area (Å²) in [5, 5.41) is 3.63. The maximum atomic E-state index is 3.63. The number of benzene rings is 1. The molecule has 1 aromatic carbocycles. The summed E-state index contributed by atoms with van der Waals surface area (Å²) >= 11 is 0. The van der Waals surface area contributed by atoms with E-state index in [1.807, 2.05) is 0 Å². The van der Waals surface area contributed by atoms with Crippen LogP contribution in [0, 0.1) is 11.8 Å². The summed E-state index contributed by atoms with van der Waals surface area (Å²) in [5.74, 6) is 1.49. The van der Waals surface area contributed by atoms with Gasteiger partial charge < -0.3 is 5.32 Å². The van der Waals surface area contributed by atoms with E-state index >= 15 is 0 Å². The highest BCUT2D eigenvalue weighted by Crippen LogP contribution is 2.23. The first-order valence-corrected chi connectivity index (χ1v) is 8.63. The van der Waals surface area contributed by atoms with Crippen LogP contribution in [0.5, 0.6) is 0 Å². The predicted molar refractivity (Wildman–Crippen MR) is 95.0 cm³/mol. The first kappa shape index (κ1) is 18.2. The molecule has 1 N–H and O–H groups in total. The Hall–Kier alpha value is -0.820. The molecule has 1 rings (SSSR count). The summed E-state index contributed by atoms with van der Waals surface area (Å²) < 4.78 is 0. The minimum absolute atomic E-state index is 0.250. The van der Waals surface area contributed by atoms with Crippen LogP contribution in [0.3, 0.4) is 0 Å². The SMILES string of the molecule is CCCC(CNCC(C)C)Cc1ccc(C(C)(C)C)cc1. The summed E-state index contributed by atoms with van der Waals surface area (Å²) in [6.45, 7) is 15.9. The van der Waals surface area contributed by atoms with Crippen molar-refractivity contribution in [3.05, 3.63) is 35.4 Å². The van der Waals surface area contributed by atoms with E-state index in [2.05, 4.69) is 71.1 Å². The van der Waals surface area contributed by atoms with E-state index in [0.717, 1.165) is 24.9 Å². The molecule has 0 aromatic heterocycles. The van der Waals surface area contributed by atoms with Gasteiger partial charge >= 0.3 is 0 Å². The lowest BCUT2D eigenvalue weighted by Crippen LogP contribution is -2.27. The quantitative estimate of drug-likeness (QED) is 0.694. The van der Waals surface area contributed by atoms with Crippen LogP contribution in [0.4, 0.5) is 0 Å². The molecule has 0 saturated carbocycles. The van der Waals surface area contributed by atoms with Crippen molar-refractivity contribution < 1.29 is 0 Å². The van der Waals surface area contributed by atoms with E-state index in [1.54, 1.807) is 0 Å². The first-order chi connectivity index (χ1) is 9.82. The molecule has 0 saturated heterocycles. The molecule has 0 aliphatic rings. The second-order valence-electron chi connectivity index (χ2n) is 7.86. The monoisotopic (exact) mass is 289 g/mol. The third-order valence-corrected chi connectivity index (χ3v) is 4.03. The lowest BCUT2D eigenvalue weighted by molar-refractivity contribution is 0.421. The molecule has 0 amide bonds. The van der Waals surface area contributed by atoms with Crippen molar-refractivity contribution in [2.75, 3.05) is 13.1 Å². The van der Waals surface area contributed by atoms with E-state index in [4.69, 9.17) is 0 Å². The normalized spacial score (nSPS) is 13.7. The highest BCUT2D eigenvalue weighted by atomic mass is 14.9. The molecule has 0 bridgehead atoms. The molecule has 0 fully saturated rings. The molecular formula is C20H35N. The largest absolute Gasteiger partial charge is 0.316 e. The molecule has 1 heteroatoms. The minimum Gasteiger partial charge on any atom is -0.316 e. The van der Waals surface area contributed by atoms with Gasteiger partial charge in [0.05, 0.1) is 0 Å². The predicted octanol–water partition coefficient (Wildman–Crippen LogP) is 5.19. The summed E-state index contributed by atoms with van der Waals surface area (Å²) in [4.78, 5) is 0. The maximum absolute atomic E-state index is 3.63. The fourth-order valence-corrected chi connectivity index (χ4v) is 2.73. The lowest BCUT2D eigenvalue weighted by Gasteiger charge is -2.21. The van der Waals surface area contributed by atoms with Crippen molar-refractivity contribution in [1.29, 1.82) is 0 Å². The van der Waals surface area contributed by atoms with Gasteiger partial charge in [-0.15, -0.1) is 0 Å². The van der Waals surface area contributed by atoms with Crippen molar-refractivity contribution >= 4 is 0 Å². The van der Waals surface area contributed by atoms with Gasteiger partial charge in [0.15, 0.2) is 0 Å². The third-order valence-electron chi connectivity index (χ3n) is 4.03. The van der Waals surface area contributed by atoms with Crippen LogP contribution in [0.2, 0.25) is 0 Å². The van der Waals surface area contributed by atoms with Crippen molar-refractivity contribution in [1.82, 2.24) is 5.32 Å². The number of hydrogen-bond acceptors (Lipinski definition) is 1. The Bertz CT molecular complexity index is 383. The van der Waals surface area contributed by atoms with E-state index in [0.29, 0.717) is 0 Å². The van der Waals surface area contributed by atoms with Gasteiger partial charge in [-0.05, 0) is 54.3 Å². The topological polar surface area (TPSA) is 12.0 Å². The molecule has 120 valence electrons. The fraction of sp³-hybridized carbons (Fsp3) is 0.700. The second-order valence-corrected chi connectivity index (χ2v) is 7.86. The zero-order valence-electron chi connectivity index (χ0n) is 15.0. The summed E-state index contributed by atoms with van der Waals surface area (Å²) in [7, 11) is 0. The van der Waals surface area contributed by atoms with E-state index in [9.17, 15) is 0 Å². The Kier molecular flexibility index (Phi) is 7.45. The Morgan fingerprint density at radius 2 is 1.62 bits per heavy atom. The van der Waals surface area contributed by atoms with Crippen molar-refractivity contribution in [3.8, 4) is 0 Å². The van der Waals surface area contributed by atoms with E-state index < -0.39 is 0 Å². The second kappa shape index (κ2) is 8.58. The fourth-order valence-electron chi connectivity index (χ4n) is 2.73. The Balaban J connectivity index is 2.58. The molecule has 1 atom stereocenters. The third kappa shape index (κ3) is 7.13. The molecule has 0 aliphatic carbocycles. The van der Waals surface area contributed by atoms with Crippen molar-refractivity contribution in [2.24, 2.45) is 11.8 Å². The van der Waals surface area contributed by atoms with Crippen LogP contribution in [-0.4, -0.2) is 13.1 Å². The molecule has 0 spiro atoms. The molecule has 1 aromatic rings.